The van der Waals surface area contributed by atoms with Crippen LogP contribution in [0.25, 0.3) is 0 Å². The molecule has 160 valence electrons. The number of carbonyl (C=O) groups excluding carboxylic acids is 1. The molecule has 2 aromatic carbocycles. The number of nitrogens with two attached hydrogens (primary N) is 1. The average Bonchev–Trinajstić information content (AvgIpc) is 2.73. The van der Waals surface area contributed by atoms with E-state index < -0.39 is 11.9 Å². The molecule has 0 bridgehead atoms. The van der Waals surface area contributed by atoms with Crippen LogP contribution in [-0.2, 0) is 20.0 Å². The highest BCUT2D eigenvalue weighted by Gasteiger charge is 2.37. The molecule has 0 aromatic heterocycles. The van der Waals surface area contributed by atoms with Crippen LogP contribution >= 0.6 is 23.4 Å². The van der Waals surface area contributed by atoms with E-state index in [2.05, 4.69) is 19.1 Å². The van der Waals surface area contributed by atoms with Gasteiger partial charge in [-0.25, -0.2) is 4.79 Å². The summed E-state index contributed by atoms with van der Waals surface area (Å²) in [6.07, 6.45) is 0. The maximum absolute atomic E-state index is 12.6. The van der Waals surface area contributed by atoms with Crippen LogP contribution in [0.2, 0.25) is 5.02 Å². The summed E-state index contributed by atoms with van der Waals surface area (Å²) in [5.74, 6) is -0.118. The molecule has 1 atom stereocenters. The van der Waals surface area contributed by atoms with E-state index in [4.69, 9.17) is 26.8 Å². The molecule has 1 aliphatic rings. The molecule has 1 heterocycles. The smallest absolute Gasteiger partial charge is 0.338 e. The maximum atomic E-state index is 12.6. The van der Waals surface area contributed by atoms with Crippen LogP contribution < -0.4 is 5.73 Å². The Morgan fingerprint density at radius 2 is 1.90 bits per heavy atom. The van der Waals surface area contributed by atoms with Gasteiger partial charge in [0.2, 0.25) is 5.88 Å². The molecule has 0 saturated heterocycles. The summed E-state index contributed by atoms with van der Waals surface area (Å²) >= 11 is 7.67. The normalized spacial score (nSPS) is 16.1. The van der Waals surface area contributed by atoms with E-state index in [1.165, 1.54) is 7.11 Å². The minimum Gasteiger partial charge on any atom is -0.466 e. The highest BCUT2D eigenvalue weighted by atomic mass is 35.5. The summed E-state index contributed by atoms with van der Waals surface area (Å²) < 4.78 is 10.5. The van der Waals surface area contributed by atoms with Crippen molar-refractivity contribution in [3.05, 3.63) is 86.5 Å². The van der Waals surface area contributed by atoms with Crippen molar-refractivity contribution in [3.8, 4) is 6.07 Å². The second-order valence-corrected chi connectivity index (χ2v) is 8.75. The van der Waals surface area contributed by atoms with Crippen LogP contribution in [0.1, 0.15) is 35.1 Å². The fourth-order valence-electron chi connectivity index (χ4n) is 3.64. The van der Waals surface area contributed by atoms with E-state index in [1.807, 2.05) is 37.3 Å². The van der Waals surface area contributed by atoms with Gasteiger partial charge in [0.25, 0.3) is 0 Å². The molecule has 3 rings (SSSR count). The Labute approximate surface area is 191 Å². The second-order valence-electron chi connectivity index (χ2n) is 7.26. The number of halogens is 1. The predicted molar refractivity (Wildman–Crippen MR) is 122 cm³/mol. The number of nitrogens with zero attached hydrogens (tertiary/aromatic N) is 1. The van der Waals surface area contributed by atoms with E-state index in [0.29, 0.717) is 10.8 Å². The Morgan fingerprint density at radius 1 is 1.23 bits per heavy atom. The highest BCUT2D eigenvalue weighted by Crippen LogP contribution is 2.42. The van der Waals surface area contributed by atoms with E-state index in [-0.39, 0.29) is 17.0 Å². The van der Waals surface area contributed by atoms with Crippen LogP contribution in [0.5, 0.6) is 0 Å². The van der Waals surface area contributed by atoms with Crippen molar-refractivity contribution in [1.29, 1.82) is 5.26 Å². The van der Waals surface area contributed by atoms with Gasteiger partial charge < -0.3 is 15.2 Å². The van der Waals surface area contributed by atoms with Crippen LogP contribution in [-0.4, -0.2) is 13.1 Å². The maximum Gasteiger partial charge on any atom is 0.338 e. The summed E-state index contributed by atoms with van der Waals surface area (Å²) in [6.45, 7) is 5.67. The van der Waals surface area contributed by atoms with Gasteiger partial charge in [-0.3, -0.25) is 0 Å². The summed E-state index contributed by atoms with van der Waals surface area (Å²) in [5.41, 5.74) is 10.5. The highest BCUT2D eigenvalue weighted by molar-refractivity contribution is 7.98. The summed E-state index contributed by atoms with van der Waals surface area (Å²) in [7, 11) is 1.31. The molecule has 0 saturated carbocycles. The van der Waals surface area contributed by atoms with Gasteiger partial charge in [-0.1, -0.05) is 23.7 Å². The quantitative estimate of drug-likeness (QED) is 0.474. The average molecular weight is 455 g/mol. The molecule has 0 aliphatic carbocycles. The fraction of sp³-hybridized carbons (Fsp3) is 0.250. The molecule has 2 N–H and O–H groups in total. The molecule has 0 radical (unpaired) electrons. The molecule has 0 spiro atoms. The number of esters is 1. The molecule has 1 aliphatic heterocycles. The number of benzene rings is 2. The van der Waals surface area contributed by atoms with Gasteiger partial charge >= 0.3 is 5.97 Å². The molecule has 0 amide bonds. The third-order valence-corrected chi connectivity index (χ3v) is 6.57. The topological polar surface area (TPSA) is 85.3 Å². The Balaban J connectivity index is 2.06. The zero-order chi connectivity index (χ0) is 22.7. The van der Waals surface area contributed by atoms with Gasteiger partial charge in [0.05, 0.1) is 18.6 Å². The van der Waals surface area contributed by atoms with Gasteiger partial charge in [-0.15, -0.1) is 11.8 Å². The number of rotatable bonds is 5. The molecule has 0 unspecified atom stereocenters. The van der Waals surface area contributed by atoms with Crippen LogP contribution in [0.15, 0.2) is 64.1 Å². The first-order chi connectivity index (χ1) is 14.8. The minimum atomic E-state index is -0.647. The lowest BCUT2D eigenvalue weighted by molar-refractivity contribution is -0.136. The van der Waals surface area contributed by atoms with Crippen molar-refractivity contribution in [2.45, 2.75) is 37.3 Å². The van der Waals surface area contributed by atoms with Crippen molar-refractivity contribution < 1.29 is 14.3 Å². The van der Waals surface area contributed by atoms with Gasteiger partial charge in [-0.05, 0) is 67.3 Å². The molecular formula is C24H23ClN2O3S. The van der Waals surface area contributed by atoms with Gasteiger partial charge in [0, 0.05) is 15.7 Å². The fourth-order valence-corrected chi connectivity index (χ4v) is 4.73. The number of hydrogen-bond acceptors (Lipinski definition) is 6. The van der Waals surface area contributed by atoms with Crippen molar-refractivity contribution in [3.63, 3.8) is 0 Å². The lowest BCUT2D eigenvalue weighted by atomic mass is 9.80. The van der Waals surface area contributed by atoms with Crippen LogP contribution in [0, 0.1) is 25.2 Å². The number of carbonyl (C=O) groups is 1. The van der Waals surface area contributed by atoms with Crippen molar-refractivity contribution in [2.75, 3.05) is 7.11 Å². The number of hydrogen-bond donors (Lipinski definition) is 1. The Morgan fingerprint density at radius 3 is 2.52 bits per heavy atom. The Kier molecular flexibility index (Phi) is 6.99. The van der Waals surface area contributed by atoms with E-state index in [9.17, 15) is 10.1 Å². The number of ether oxygens (including phenoxy) is 2. The first kappa shape index (κ1) is 22.8. The summed E-state index contributed by atoms with van der Waals surface area (Å²) in [6, 6.07) is 13.9. The molecule has 7 heteroatoms. The second kappa shape index (κ2) is 9.51. The first-order valence-corrected chi connectivity index (χ1v) is 11.0. The lowest BCUT2D eigenvalue weighted by Gasteiger charge is -2.28. The largest absolute Gasteiger partial charge is 0.466 e. The van der Waals surface area contributed by atoms with Crippen molar-refractivity contribution in [2.24, 2.45) is 5.73 Å². The standard InChI is InChI=1S/C24H23ClN2O3S/c1-13-9-14(2)19(10-16(13)12-31-18-7-5-17(25)6-8-18)22-20(11-26)23(27)30-15(3)21(22)24(28)29-4/h5-10,22H,12,27H2,1-4H3/t22-/m0/s1. The number of nitriles is 1. The van der Waals surface area contributed by atoms with Crippen molar-refractivity contribution >= 4 is 29.3 Å². The van der Waals surface area contributed by atoms with E-state index >= 15 is 0 Å². The molecule has 0 fully saturated rings. The SMILES string of the molecule is COC(=O)C1=C(C)OC(N)=C(C#N)[C@@H]1c1cc(CSc2ccc(Cl)cc2)c(C)cc1C. The van der Waals surface area contributed by atoms with Crippen LogP contribution in [0.3, 0.4) is 0 Å². The Bertz CT molecular complexity index is 1130. The third-order valence-electron chi connectivity index (χ3n) is 5.25. The van der Waals surface area contributed by atoms with Gasteiger partial charge in [0.1, 0.15) is 17.4 Å². The van der Waals surface area contributed by atoms with Gasteiger partial charge in [0.15, 0.2) is 0 Å². The van der Waals surface area contributed by atoms with Gasteiger partial charge in [-0.2, -0.15) is 5.26 Å². The monoisotopic (exact) mass is 454 g/mol. The van der Waals surface area contributed by atoms with E-state index in [1.54, 1.807) is 18.7 Å². The number of thioether (sulfide) groups is 1. The number of allylic oxidation sites excluding steroid dienone is 2. The van der Waals surface area contributed by atoms with E-state index in [0.717, 1.165) is 32.9 Å². The van der Waals surface area contributed by atoms with Crippen LogP contribution in [0.4, 0.5) is 0 Å². The summed E-state index contributed by atoms with van der Waals surface area (Å²) in [5, 5.41) is 10.5. The number of methoxy groups -OCH3 is 1. The minimum absolute atomic E-state index is 0.00900. The summed E-state index contributed by atoms with van der Waals surface area (Å²) in [4.78, 5) is 13.7. The lowest BCUT2D eigenvalue weighted by Crippen LogP contribution is -2.25. The Hall–Kier alpha value is -2.88. The molecule has 2 aromatic rings. The zero-order valence-corrected chi connectivity index (χ0v) is 19.4. The third kappa shape index (κ3) is 4.73. The zero-order valence-electron chi connectivity index (χ0n) is 17.8. The molecular weight excluding hydrogens is 432 g/mol. The van der Waals surface area contributed by atoms with Crippen molar-refractivity contribution in [1.82, 2.24) is 0 Å². The molecule has 5 nitrogen and oxygen atoms in total. The molecule has 31 heavy (non-hydrogen) atoms. The number of aryl methyl sites for hydroxylation is 2. The first-order valence-electron chi connectivity index (χ1n) is 9.61. The predicted octanol–water partition coefficient (Wildman–Crippen LogP) is 5.50.